The van der Waals surface area contributed by atoms with Gasteiger partial charge in [-0.3, -0.25) is 4.79 Å². The van der Waals surface area contributed by atoms with Gasteiger partial charge in [0, 0.05) is 6.42 Å². The van der Waals surface area contributed by atoms with Gasteiger partial charge in [-0.15, -0.1) is 0 Å². The predicted octanol–water partition coefficient (Wildman–Crippen LogP) is 2.77. The highest BCUT2D eigenvalue weighted by Gasteiger charge is 2.23. The minimum atomic E-state index is -1.00. The summed E-state index contributed by atoms with van der Waals surface area (Å²) in [6, 6.07) is 3.90. The van der Waals surface area contributed by atoms with Crippen molar-refractivity contribution in [3.8, 4) is 0 Å². The Morgan fingerprint density at radius 2 is 2.05 bits per heavy atom. The van der Waals surface area contributed by atoms with Gasteiger partial charge < -0.3 is 10.4 Å². The summed E-state index contributed by atoms with van der Waals surface area (Å²) in [5, 5.41) is 20.9. The third kappa shape index (κ3) is 4.16. The normalized spacial score (nSPS) is 14.0. The Labute approximate surface area is 120 Å². The first-order chi connectivity index (χ1) is 9.08. The van der Waals surface area contributed by atoms with Crippen molar-refractivity contribution in [3.05, 3.63) is 44.8 Å². The van der Waals surface area contributed by atoms with Crippen LogP contribution in [0.1, 0.15) is 24.5 Å². The Morgan fingerprint density at radius 3 is 2.68 bits per heavy atom. The monoisotopic (exact) mass is 295 g/mol. The predicted molar refractivity (Wildman–Crippen MR) is 79.5 cm³/mol. The van der Waals surface area contributed by atoms with E-state index in [9.17, 15) is 9.90 Å². The summed E-state index contributed by atoms with van der Waals surface area (Å²) in [5.41, 5.74) is 1.03. The number of aliphatic hydroxyl groups is 1. The molecule has 1 atom stereocenters. The molecule has 2 aromatic heterocycles. The zero-order valence-corrected chi connectivity index (χ0v) is 12.4. The van der Waals surface area contributed by atoms with Crippen molar-refractivity contribution >= 4 is 28.6 Å². The molecule has 2 heterocycles. The van der Waals surface area contributed by atoms with Crippen molar-refractivity contribution in [2.45, 2.75) is 25.4 Å². The summed E-state index contributed by atoms with van der Waals surface area (Å²) in [7, 11) is 0. The highest BCUT2D eigenvalue weighted by molar-refractivity contribution is 7.08. The first-order valence-corrected chi connectivity index (χ1v) is 7.99. The van der Waals surface area contributed by atoms with E-state index in [0.29, 0.717) is 6.42 Å². The van der Waals surface area contributed by atoms with E-state index < -0.39 is 5.60 Å². The Balaban J connectivity index is 1.77. The third-order valence-corrected chi connectivity index (χ3v) is 4.41. The Hall–Kier alpha value is -1.17. The first kappa shape index (κ1) is 14.2. The number of hydrogen-bond donors (Lipinski definition) is 2. The molecule has 1 amide bonds. The molecule has 0 bridgehead atoms. The summed E-state index contributed by atoms with van der Waals surface area (Å²) in [6.45, 7) is 1.96. The topological polar surface area (TPSA) is 49.3 Å². The summed E-state index contributed by atoms with van der Waals surface area (Å²) in [5.74, 6) is -0.0262. The lowest BCUT2D eigenvalue weighted by Crippen LogP contribution is -2.38. The van der Waals surface area contributed by atoms with Crippen molar-refractivity contribution in [3.63, 3.8) is 0 Å². The van der Waals surface area contributed by atoms with E-state index in [2.05, 4.69) is 10.7 Å². The lowest BCUT2D eigenvalue weighted by molar-refractivity contribution is -0.122. The van der Waals surface area contributed by atoms with E-state index in [0.717, 1.165) is 12.0 Å². The maximum absolute atomic E-state index is 11.7. The van der Waals surface area contributed by atoms with Crippen LogP contribution in [0.4, 0.5) is 0 Å². The average molecular weight is 295 g/mol. The summed E-state index contributed by atoms with van der Waals surface area (Å²) < 4.78 is 0. The minimum absolute atomic E-state index is 0.0262. The van der Waals surface area contributed by atoms with Crippen LogP contribution in [0, 0.1) is 0 Å². The fraction of sp³-hybridized carbons (Fsp3) is 0.357. The number of carbonyl (C=O) groups is 1. The van der Waals surface area contributed by atoms with Gasteiger partial charge in [0.15, 0.2) is 0 Å². The number of hydrogen-bond acceptors (Lipinski definition) is 4. The zero-order valence-electron chi connectivity index (χ0n) is 10.8. The Bertz CT molecular complexity index is 504. The number of amides is 1. The second-order valence-electron chi connectivity index (χ2n) is 4.69. The zero-order chi connectivity index (χ0) is 13.7. The van der Waals surface area contributed by atoms with Crippen LogP contribution < -0.4 is 5.32 Å². The van der Waals surface area contributed by atoms with Gasteiger partial charge in [0.2, 0.25) is 5.91 Å². The van der Waals surface area contributed by atoms with Crippen molar-refractivity contribution in [1.29, 1.82) is 0 Å². The summed E-state index contributed by atoms with van der Waals surface area (Å²) in [4.78, 5) is 11.7. The Morgan fingerprint density at radius 1 is 1.32 bits per heavy atom. The number of aryl methyl sites for hydroxylation is 1. The fourth-order valence-electron chi connectivity index (χ4n) is 1.72. The SMILES string of the molecule is CC(O)(CNC(=O)CCc1ccsc1)c1ccsc1. The molecule has 2 aromatic rings. The van der Waals surface area contributed by atoms with Crippen molar-refractivity contribution in [2.24, 2.45) is 0 Å². The van der Waals surface area contributed by atoms with E-state index in [4.69, 9.17) is 0 Å². The standard InChI is InChI=1S/C14H17NO2S2/c1-14(17,12-5-7-19-9-12)10-15-13(16)3-2-11-4-6-18-8-11/h4-9,17H,2-3,10H2,1H3,(H,15,16). The van der Waals surface area contributed by atoms with Crippen LogP contribution in [0.5, 0.6) is 0 Å². The quantitative estimate of drug-likeness (QED) is 0.861. The molecule has 0 saturated carbocycles. The van der Waals surface area contributed by atoms with E-state index >= 15 is 0 Å². The van der Waals surface area contributed by atoms with Crippen LogP contribution in [0.25, 0.3) is 0 Å². The van der Waals surface area contributed by atoms with Crippen molar-refractivity contribution in [1.82, 2.24) is 5.32 Å². The lowest BCUT2D eigenvalue weighted by atomic mass is 9.99. The molecule has 0 aliphatic rings. The molecule has 0 aliphatic heterocycles. The van der Waals surface area contributed by atoms with Gasteiger partial charge >= 0.3 is 0 Å². The van der Waals surface area contributed by atoms with E-state index in [-0.39, 0.29) is 12.5 Å². The highest BCUT2D eigenvalue weighted by Crippen LogP contribution is 2.22. The number of carbonyl (C=O) groups excluding carboxylic acids is 1. The first-order valence-electron chi connectivity index (χ1n) is 6.11. The molecule has 1 unspecified atom stereocenters. The molecule has 0 radical (unpaired) electrons. The van der Waals surface area contributed by atoms with Crippen molar-refractivity contribution < 1.29 is 9.90 Å². The molecular formula is C14H17NO2S2. The molecular weight excluding hydrogens is 278 g/mol. The summed E-state index contributed by atoms with van der Waals surface area (Å²) in [6.07, 6.45) is 1.20. The van der Waals surface area contributed by atoms with Crippen molar-refractivity contribution in [2.75, 3.05) is 6.54 Å². The maximum atomic E-state index is 11.7. The molecule has 2 N–H and O–H groups in total. The van der Waals surface area contributed by atoms with Crippen LogP contribution in [0.2, 0.25) is 0 Å². The van der Waals surface area contributed by atoms with Gasteiger partial charge in [0.25, 0.3) is 0 Å². The molecule has 0 aliphatic carbocycles. The van der Waals surface area contributed by atoms with E-state index in [1.807, 2.05) is 28.3 Å². The minimum Gasteiger partial charge on any atom is -0.384 e. The molecule has 0 fully saturated rings. The van der Waals surface area contributed by atoms with Crippen LogP contribution in [0.3, 0.4) is 0 Å². The third-order valence-electron chi connectivity index (χ3n) is 2.99. The van der Waals surface area contributed by atoms with E-state index in [1.165, 1.54) is 16.9 Å². The van der Waals surface area contributed by atoms with Gasteiger partial charge in [0.05, 0.1) is 6.54 Å². The van der Waals surface area contributed by atoms with Gasteiger partial charge in [-0.05, 0) is 58.1 Å². The average Bonchev–Trinajstić information content (AvgIpc) is 3.06. The highest BCUT2D eigenvalue weighted by atomic mass is 32.1. The number of thiophene rings is 2. The maximum Gasteiger partial charge on any atom is 0.220 e. The number of rotatable bonds is 6. The van der Waals surface area contributed by atoms with Gasteiger partial charge in [0.1, 0.15) is 5.60 Å². The molecule has 3 nitrogen and oxygen atoms in total. The fourth-order valence-corrected chi connectivity index (χ4v) is 3.21. The molecule has 19 heavy (non-hydrogen) atoms. The van der Waals surface area contributed by atoms with Crippen LogP contribution >= 0.6 is 22.7 Å². The summed E-state index contributed by atoms with van der Waals surface area (Å²) >= 11 is 3.17. The second-order valence-corrected chi connectivity index (χ2v) is 6.25. The van der Waals surface area contributed by atoms with Crippen LogP contribution in [-0.2, 0) is 16.8 Å². The molecule has 0 aromatic carbocycles. The van der Waals surface area contributed by atoms with Crippen LogP contribution in [0.15, 0.2) is 33.7 Å². The lowest BCUT2D eigenvalue weighted by Gasteiger charge is -2.22. The van der Waals surface area contributed by atoms with Gasteiger partial charge in [-0.25, -0.2) is 0 Å². The van der Waals surface area contributed by atoms with E-state index in [1.54, 1.807) is 18.3 Å². The van der Waals surface area contributed by atoms with Gasteiger partial charge in [-0.1, -0.05) is 0 Å². The molecule has 0 spiro atoms. The smallest absolute Gasteiger partial charge is 0.220 e. The molecule has 0 saturated heterocycles. The molecule has 2 rings (SSSR count). The largest absolute Gasteiger partial charge is 0.384 e. The molecule has 5 heteroatoms. The van der Waals surface area contributed by atoms with Gasteiger partial charge in [-0.2, -0.15) is 22.7 Å². The van der Waals surface area contributed by atoms with Crippen LogP contribution in [-0.4, -0.2) is 17.6 Å². The second kappa shape index (κ2) is 6.32. The molecule has 102 valence electrons. The number of nitrogens with one attached hydrogen (secondary N) is 1. The Kier molecular flexibility index (Phi) is 4.74.